The van der Waals surface area contributed by atoms with Gasteiger partial charge in [-0.2, -0.15) is 5.10 Å². The van der Waals surface area contributed by atoms with E-state index >= 15 is 0 Å². The smallest absolute Gasteiger partial charge is 0.274 e. The molecule has 1 fully saturated rings. The Morgan fingerprint density at radius 1 is 1.18 bits per heavy atom. The summed E-state index contributed by atoms with van der Waals surface area (Å²) in [6.45, 7) is 4.65. The summed E-state index contributed by atoms with van der Waals surface area (Å²) >= 11 is 0. The van der Waals surface area contributed by atoms with Gasteiger partial charge in [0.1, 0.15) is 22.8 Å². The van der Waals surface area contributed by atoms with Crippen LogP contribution in [0.4, 0.5) is 10.2 Å². The minimum absolute atomic E-state index is 0.0170. The number of anilines is 1. The molecule has 0 spiro atoms. The molecular formula is C25H22FN5O3. The first-order valence-electron chi connectivity index (χ1n) is 10.8. The van der Waals surface area contributed by atoms with E-state index in [9.17, 15) is 14.0 Å². The third kappa shape index (κ3) is 3.81. The Kier molecular flexibility index (Phi) is 5.37. The molecule has 0 radical (unpaired) electrons. The van der Waals surface area contributed by atoms with Crippen molar-refractivity contribution < 1.29 is 13.9 Å². The van der Waals surface area contributed by atoms with Crippen LogP contribution in [0.5, 0.6) is 11.5 Å². The van der Waals surface area contributed by atoms with Crippen LogP contribution < -0.4 is 16.0 Å². The molecular weight excluding hydrogens is 437 g/mol. The van der Waals surface area contributed by atoms with Crippen molar-refractivity contribution in [3.8, 4) is 17.2 Å². The van der Waals surface area contributed by atoms with Gasteiger partial charge in [-0.3, -0.25) is 9.59 Å². The number of ether oxygens (including phenoxy) is 1. The van der Waals surface area contributed by atoms with Crippen molar-refractivity contribution in [3.05, 3.63) is 89.1 Å². The van der Waals surface area contributed by atoms with Gasteiger partial charge in [0.2, 0.25) is 5.91 Å². The van der Waals surface area contributed by atoms with Gasteiger partial charge in [-0.25, -0.2) is 9.49 Å². The lowest BCUT2D eigenvalue weighted by Crippen LogP contribution is -2.26. The first-order valence-corrected chi connectivity index (χ1v) is 10.8. The van der Waals surface area contributed by atoms with Gasteiger partial charge in [0.05, 0.1) is 5.39 Å². The Labute approximate surface area is 194 Å². The predicted molar refractivity (Wildman–Crippen MR) is 127 cm³/mol. The number of nitrogens with one attached hydrogen (secondary N) is 1. The van der Waals surface area contributed by atoms with Crippen LogP contribution >= 0.6 is 0 Å². The highest BCUT2D eigenvalue weighted by Crippen LogP contribution is 2.35. The molecule has 0 saturated carbocycles. The zero-order valence-electron chi connectivity index (χ0n) is 18.2. The van der Waals surface area contributed by atoms with Crippen molar-refractivity contribution in [2.45, 2.75) is 12.3 Å². The van der Waals surface area contributed by atoms with Gasteiger partial charge in [-0.15, -0.1) is 0 Å². The molecule has 3 N–H and O–H groups in total. The summed E-state index contributed by atoms with van der Waals surface area (Å²) in [4.78, 5) is 26.6. The number of fused-ring (bicyclic) bond motifs is 1. The van der Waals surface area contributed by atoms with Crippen molar-refractivity contribution in [1.29, 1.82) is 0 Å². The number of hydrogen-bond acceptors (Lipinski definition) is 5. The quantitative estimate of drug-likeness (QED) is 0.443. The van der Waals surface area contributed by atoms with Crippen LogP contribution in [0.25, 0.3) is 16.6 Å². The summed E-state index contributed by atoms with van der Waals surface area (Å²) in [6.07, 6.45) is 3.92. The van der Waals surface area contributed by atoms with E-state index in [0.29, 0.717) is 35.5 Å². The molecule has 172 valence electrons. The third-order valence-corrected chi connectivity index (χ3v) is 6.06. The molecule has 1 atom stereocenters. The molecule has 0 aliphatic carbocycles. The minimum atomic E-state index is -0.335. The number of amides is 1. The fraction of sp³-hybridized carbons (Fsp3) is 0.160. The molecule has 4 aromatic rings. The highest BCUT2D eigenvalue weighted by Gasteiger charge is 2.30. The number of nitrogen functional groups attached to an aromatic ring is 1. The molecule has 9 heteroatoms. The molecule has 0 unspecified atom stereocenters. The molecule has 0 bridgehead atoms. The number of aromatic amines is 1. The summed E-state index contributed by atoms with van der Waals surface area (Å²) < 4.78 is 20.7. The van der Waals surface area contributed by atoms with E-state index in [0.717, 1.165) is 17.7 Å². The topological polar surface area (TPSA) is 106 Å². The standard InChI is InChI=1S/C25H22FN5O3/c1-2-21(32)30-12-11-15(13-30)20-14-31(23-22(20)25(33)29-28-24(23)27)17-5-9-19(10-6-17)34-18-7-3-16(26)4-8-18/h2-10,14-15H,1,11-13H2,(H2,27,28)(H,29,33)/t15-/m0/s1. The van der Waals surface area contributed by atoms with E-state index < -0.39 is 0 Å². The second kappa shape index (κ2) is 8.51. The van der Waals surface area contributed by atoms with Crippen LogP contribution in [0.2, 0.25) is 0 Å². The van der Waals surface area contributed by atoms with Crippen LogP contribution in [-0.2, 0) is 4.79 Å². The van der Waals surface area contributed by atoms with E-state index in [4.69, 9.17) is 10.5 Å². The number of nitrogens with two attached hydrogens (primary N) is 1. The lowest BCUT2D eigenvalue weighted by atomic mass is 9.99. The maximum absolute atomic E-state index is 13.1. The molecule has 1 saturated heterocycles. The third-order valence-electron chi connectivity index (χ3n) is 6.06. The van der Waals surface area contributed by atoms with Crippen LogP contribution in [0.3, 0.4) is 0 Å². The maximum Gasteiger partial charge on any atom is 0.274 e. The number of carbonyl (C=O) groups excluding carboxylic acids is 1. The molecule has 1 aliphatic rings. The van der Waals surface area contributed by atoms with Gasteiger partial charge in [-0.05, 0) is 66.6 Å². The fourth-order valence-electron chi connectivity index (χ4n) is 4.41. The second-order valence-electron chi connectivity index (χ2n) is 8.14. The van der Waals surface area contributed by atoms with E-state index in [2.05, 4.69) is 16.8 Å². The monoisotopic (exact) mass is 459 g/mol. The van der Waals surface area contributed by atoms with Crippen LogP contribution in [-0.4, -0.2) is 38.7 Å². The van der Waals surface area contributed by atoms with Crippen molar-refractivity contribution in [3.63, 3.8) is 0 Å². The van der Waals surface area contributed by atoms with Gasteiger partial charge >= 0.3 is 0 Å². The number of aromatic nitrogens is 3. The number of halogens is 1. The van der Waals surface area contributed by atoms with Gasteiger partial charge < -0.3 is 19.9 Å². The SMILES string of the molecule is C=CC(=O)N1CC[C@H](c2cn(-c3ccc(Oc4ccc(F)cc4)cc3)c3c(N)n[nH]c(=O)c23)C1. The largest absolute Gasteiger partial charge is 0.457 e. The van der Waals surface area contributed by atoms with Crippen molar-refractivity contribution >= 4 is 22.6 Å². The molecule has 5 rings (SSSR count). The number of benzene rings is 2. The van der Waals surface area contributed by atoms with Crippen LogP contribution in [0.1, 0.15) is 17.9 Å². The molecule has 1 amide bonds. The number of rotatable bonds is 5. The lowest BCUT2D eigenvalue weighted by Gasteiger charge is -2.13. The number of carbonyl (C=O) groups is 1. The van der Waals surface area contributed by atoms with Crippen molar-refractivity contribution in [1.82, 2.24) is 19.7 Å². The maximum atomic E-state index is 13.1. The summed E-state index contributed by atoms with van der Waals surface area (Å²) in [5.74, 6) is 0.811. The predicted octanol–water partition coefficient (Wildman–Crippen LogP) is 3.73. The molecule has 8 nitrogen and oxygen atoms in total. The summed E-state index contributed by atoms with van der Waals surface area (Å²) in [5, 5.41) is 6.90. The Hall–Kier alpha value is -4.40. The molecule has 1 aliphatic heterocycles. The molecule has 2 aromatic heterocycles. The average Bonchev–Trinajstić information content (AvgIpc) is 3.49. The normalized spacial score (nSPS) is 15.6. The summed E-state index contributed by atoms with van der Waals surface area (Å²) in [6, 6.07) is 13.0. The number of hydrogen-bond donors (Lipinski definition) is 2. The van der Waals surface area contributed by atoms with E-state index in [1.807, 2.05) is 22.9 Å². The molecule has 2 aromatic carbocycles. The van der Waals surface area contributed by atoms with Crippen LogP contribution in [0.15, 0.2) is 72.2 Å². The average molecular weight is 459 g/mol. The highest BCUT2D eigenvalue weighted by molar-refractivity contribution is 5.92. The Morgan fingerprint density at radius 3 is 2.53 bits per heavy atom. The first-order chi connectivity index (χ1) is 16.4. The zero-order chi connectivity index (χ0) is 23.8. The molecule has 34 heavy (non-hydrogen) atoms. The Morgan fingerprint density at radius 2 is 1.85 bits per heavy atom. The number of nitrogens with zero attached hydrogens (tertiary/aromatic N) is 3. The van der Waals surface area contributed by atoms with Crippen LogP contribution in [0, 0.1) is 5.82 Å². The van der Waals surface area contributed by atoms with Gasteiger partial charge in [0, 0.05) is 30.9 Å². The highest BCUT2D eigenvalue weighted by atomic mass is 19.1. The number of likely N-dealkylation sites (tertiary alicyclic amines) is 1. The van der Waals surface area contributed by atoms with Gasteiger partial charge in [0.25, 0.3) is 5.56 Å². The summed E-state index contributed by atoms with van der Waals surface area (Å²) in [7, 11) is 0. The van der Waals surface area contributed by atoms with E-state index in [1.54, 1.807) is 29.2 Å². The lowest BCUT2D eigenvalue weighted by molar-refractivity contribution is -0.125. The first kappa shape index (κ1) is 21.4. The zero-order valence-corrected chi connectivity index (χ0v) is 18.2. The van der Waals surface area contributed by atoms with Crippen molar-refractivity contribution in [2.75, 3.05) is 18.8 Å². The summed E-state index contributed by atoms with van der Waals surface area (Å²) in [5.41, 5.74) is 7.94. The van der Waals surface area contributed by atoms with E-state index in [1.165, 1.54) is 18.2 Å². The van der Waals surface area contributed by atoms with Gasteiger partial charge in [-0.1, -0.05) is 6.58 Å². The van der Waals surface area contributed by atoms with Crippen molar-refractivity contribution in [2.24, 2.45) is 0 Å². The Bertz CT molecular complexity index is 1440. The van der Waals surface area contributed by atoms with Gasteiger partial charge in [0.15, 0.2) is 5.82 Å². The number of H-pyrrole nitrogens is 1. The second-order valence-corrected chi connectivity index (χ2v) is 8.14. The minimum Gasteiger partial charge on any atom is -0.457 e. The fourth-order valence-corrected chi connectivity index (χ4v) is 4.41. The Balaban J connectivity index is 1.52. The molecule has 3 heterocycles. The van der Waals surface area contributed by atoms with E-state index in [-0.39, 0.29) is 29.0 Å².